The van der Waals surface area contributed by atoms with Crippen LogP contribution in [0.1, 0.15) is 48.4 Å². The Kier molecular flexibility index (Phi) is 8.94. The monoisotopic (exact) mass is 426 g/mol. The van der Waals surface area contributed by atoms with Crippen LogP contribution in [0.15, 0.2) is 24.3 Å². The molecule has 1 aromatic carbocycles. The van der Waals surface area contributed by atoms with E-state index in [2.05, 4.69) is 0 Å². The van der Waals surface area contributed by atoms with Gasteiger partial charge in [0.1, 0.15) is 13.2 Å². The predicted octanol–water partition coefficient (Wildman–Crippen LogP) is 0.628. The number of carbonyl (C=O) groups is 4. The molecule has 10 heteroatoms. The zero-order valence-electron chi connectivity index (χ0n) is 17.3. The lowest BCUT2D eigenvalue weighted by molar-refractivity contribution is -0.163. The second-order valence-corrected chi connectivity index (χ2v) is 7.10. The van der Waals surface area contributed by atoms with E-state index in [1.165, 1.54) is 52.0 Å². The van der Waals surface area contributed by atoms with Crippen LogP contribution in [0.2, 0.25) is 0 Å². The minimum atomic E-state index is -1.58. The molecule has 0 unspecified atom stereocenters. The number of hydrogen-bond acceptors (Lipinski definition) is 10. The van der Waals surface area contributed by atoms with E-state index in [1.807, 2.05) is 0 Å². The Morgan fingerprint density at radius 2 is 1.00 bits per heavy atom. The molecule has 0 saturated heterocycles. The number of rotatable bonds is 10. The van der Waals surface area contributed by atoms with Gasteiger partial charge in [0, 0.05) is 0 Å². The van der Waals surface area contributed by atoms with E-state index in [0.29, 0.717) is 0 Å². The fraction of sp³-hybridized carbons (Fsp3) is 0.500. The summed E-state index contributed by atoms with van der Waals surface area (Å²) < 4.78 is 19.8. The first-order valence-electron chi connectivity index (χ1n) is 9.07. The van der Waals surface area contributed by atoms with E-state index in [4.69, 9.17) is 29.2 Å². The molecule has 2 N–H and O–H groups in total. The number of ether oxygens (including phenoxy) is 4. The first-order chi connectivity index (χ1) is 13.9. The number of aliphatic hydroxyl groups is 2. The largest absolute Gasteiger partial charge is 0.460 e. The molecular formula is C20H26O10. The highest BCUT2D eigenvalue weighted by Crippen LogP contribution is 2.18. The van der Waals surface area contributed by atoms with Gasteiger partial charge in [0.05, 0.1) is 24.3 Å². The van der Waals surface area contributed by atoms with Crippen molar-refractivity contribution in [1.82, 2.24) is 0 Å². The maximum absolute atomic E-state index is 12.3. The van der Waals surface area contributed by atoms with E-state index in [9.17, 15) is 19.2 Å². The lowest BCUT2D eigenvalue weighted by Crippen LogP contribution is -2.39. The van der Waals surface area contributed by atoms with Gasteiger partial charge in [-0.3, -0.25) is 0 Å². The van der Waals surface area contributed by atoms with Crippen molar-refractivity contribution in [2.24, 2.45) is 0 Å². The van der Waals surface area contributed by atoms with Crippen LogP contribution in [0.5, 0.6) is 0 Å². The van der Waals surface area contributed by atoms with Crippen LogP contribution in [-0.2, 0) is 28.5 Å². The third kappa shape index (κ3) is 7.12. The molecule has 0 radical (unpaired) electrons. The summed E-state index contributed by atoms with van der Waals surface area (Å²) in [5, 5.41) is 17.4. The molecule has 0 aliphatic heterocycles. The third-order valence-electron chi connectivity index (χ3n) is 3.68. The van der Waals surface area contributed by atoms with Crippen LogP contribution in [0, 0.1) is 0 Å². The summed E-state index contributed by atoms with van der Waals surface area (Å²) in [6.45, 7) is 4.21. The van der Waals surface area contributed by atoms with E-state index in [1.54, 1.807) is 0 Å². The molecule has 0 heterocycles. The standard InChI is InChI=1S/C20H26O10/c1-19(2,17(25)27-11-9-21)29-15(23)13-5-7-14(8-6-13)16(24)30-20(3,4)18(26)28-12-10-22/h5-8,21-22H,9-12H2,1-4H3. The zero-order chi connectivity index (χ0) is 22.9. The Labute approximate surface area is 173 Å². The van der Waals surface area contributed by atoms with E-state index in [0.717, 1.165) is 0 Å². The van der Waals surface area contributed by atoms with Crippen molar-refractivity contribution in [3.05, 3.63) is 35.4 Å². The molecule has 0 amide bonds. The zero-order valence-corrected chi connectivity index (χ0v) is 17.3. The van der Waals surface area contributed by atoms with Crippen molar-refractivity contribution in [2.45, 2.75) is 38.9 Å². The molecule has 0 atom stereocenters. The molecule has 166 valence electrons. The highest BCUT2D eigenvalue weighted by molar-refractivity contribution is 5.95. The van der Waals surface area contributed by atoms with Crippen LogP contribution >= 0.6 is 0 Å². The van der Waals surface area contributed by atoms with Crippen molar-refractivity contribution in [3.8, 4) is 0 Å². The predicted molar refractivity (Wildman–Crippen MR) is 102 cm³/mol. The summed E-state index contributed by atoms with van der Waals surface area (Å²) >= 11 is 0. The van der Waals surface area contributed by atoms with Gasteiger partial charge in [-0.2, -0.15) is 0 Å². The minimum Gasteiger partial charge on any atom is -0.460 e. The molecule has 1 rings (SSSR count). The summed E-state index contributed by atoms with van der Waals surface area (Å²) in [7, 11) is 0. The molecule has 0 saturated carbocycles. The molecule has 10 nitrogen and oxygen atoms in total. The number of esters is 4. The maximum Gasteiger partial charge on any atom is 0.350 e. The van der Waals surface area contributed by atoms with Gasteiger partial charge in [0.25, 0.3) is 0 Å². The Morgan fingerprint density at radius 3 is 1.27 bits per heavy atom. The SMILES string of the molecule is CC(C)(OC(=O)c1ccc(C(=O)OC(C)(C)C(=O)OCCO)cc1)C(=O)OCCO. The van der Waals surface area contributed by atoms with Gasteiger partial charge in [-0.05, 0) is 52.0 Å². The summed E-state index contributed by atoms with van der Waals surface area (Å²) in [6.07, 6.45) is 0. The summed E-state index contributed by atoms with van der Waals surface area (Å²) in [6, 6.07) is 5.19. The van der Waals surface area contributed by atoms with Crippen LogP contribution < -0.4 is 0 Å². The summed E-state index contributed by atoms with van der Waals surface area (Å²) in [5.41, 5.74) is -3.03. The van der Waals surface area contributed by atoms with Gasteiger partial charge < -0.3 is 29.2 Å². The van der Waals surface area contributed by atoms with Crippen LogP contribution in [0.4, 0.5) is 0 Å². The Bertz CT molecular complexity index is 699. The molecular weight excluding hydrogens is 400 g/mol. The van der Waals surface area contributed by atoms with Crippen molar-refractivity contribution < 1.29 is 48.3 Å². The second-order valence-electron chi connectivity index (χ2n) is 7.10. The van der Waals surface area contributed by atoms with Gasteiger partial charge in [-0.25, -0.2) is 19.2 Å². The average molecular weight is 426 g/mol. The maximum atomic E-state index is 12.3. The number of benzene rings is 1. The Hall–Kier alpha value is -2.98. The van der Waals surface area contributed by atoms with Gasteiger partial charge in [0.2, 0.25) is 11.2 Å². The quantitative estimate of drug-likeness (QED) is 0.403. The smallest absolute Gasteiger partial charge is 0.350 e. The van der Waals surface area contributed by atoms with Gasteiger partial charge in [0.15, 0.2) is 0 Å². The van der Waals surface area contributed by atoms with Gasteiger partial charge in [-0.1, -0.05) is 0 Å². The first-order valence-corrected chi connectivity index (χ1v) is 9.07. The van der Waals surface area contributed by atoms with Crippen LogP contribution in [-0.4, -0.2) is 71.7 Å². The number of aliphatic hydroxyl groups excluding tert-OH is 2. The van der Waals surface area contributed by atoms with E-state index in [-0.39, 0.29) is 37.6 Å². The molecule has 0 aliphatic carbocycles. The van der Waals surface area contributed by atoms with Gasteiger partial charge in [-0.15, -0.1) is 0 Å². The highest BCUT2D eigenvalue weighted by atomic mass is 16.6. The number of hydrogen-bond donors (Lipinski definition) is 2. The highest BCUT2D eigenvalue weighted by Gasteiger charge is 2.35. The van der Waals surface area contributed by atoms with Crippen LogP contribution in [0.25, 0.3) is 0 Å². The van der Waals surface area contributed by atoms with E-state index < -0.39 is 35.1 Å². The molecule has 0 spiro atoms. The van der Waals surface area contributed by atoms with Crippen molar-refractivity contribution in [1.29, 1.82) is 0 Å². The minimum absolute atomic E-state index is 0.0659. The lowest BCUT2D eigenvalue weighted by atomic mass is 10.1. The molecule has 30 heavy (non-hydrogen) atoms. The molecule has 1 aromatic rings. The molecule has 0 bridgehead atoms. The Morgan fingerprint density at radius 1 is 0.700 bits per heavy atom. The summed E-state index contributed by atoms with van der Waals surface area (Å²) in [4.78, 5) is 48.3. The van der Waals surface area contributed by atoms with Crippen LogP contribution in [0.3, 0.4) is 0 Å². The fourth-order valence-corrected chi connectivity index (χ4v) is 2.03. The lowest BCUT2D eigenvalue weighted by Gasteiger charge is -2.23. The van der Waals surface area contributed by atoms with Crippen molar-refractivity contribution >= 4 is 23.9 Å². The number of carbonyl (C=O) groups excluding carboxylic acids is 4. The average Bonchev–Trinajstić information content (AvgIpc) is 2.69. The Balaban J connectivity index is 2.78. The first kappa shape index (κ1) is 25.1. The third-order valence-corrected chi connectivity index (χ3v) is 3.68. The fourth-order valence-electron chi connectivity index (χ4n) is 2.03. The van der Waals surface area contributed by atoms with Crippen molar-refractivity contribution in [3.63, 3.8) is 0 Å². The molecule has 0 aliphatic rings. The van der Waals surface area contributed by atoms with Gasteiger partial charge >= 0.3 is 23.9 Å². The normalized spacial score (nSPS) is 11.4. The summed E-state index contributed by atoms with van der Waals surface area (Å²) in [5.74, 6) is -3.29. The van der Waals surface area contributed by atoms with E-state index >= 15 is 0 Å². The van der Waals surface area contributed by atoms with Crippen molar-refractivity contribution in [2.75, 3.05) is 26.4 Å². The topological polar surface area (TPSA) is 146 Å². The second kappa shape index (κ2) is 10.7. The molecule has 0 aromatic heterocycles. The molecule has 0 fully saturated rings.